The first-order chi connectivity index (χ1) is 10.0. The highest BCUT2D eigenvalue weighted by Gasteiger charge is 2.24. The first-order valence-electron chi connectivity index (χ1n) is 7.36. The number of nitrogens with one attached hydrogen (secondary N) is 1. The summed E-state index contributed by atoms with van der Waals surface area (Å²) in [5, 5.41) is 3.60. The third-order valence-corrected chi connectivity index (χ3v) is 4.29. The lowest BCUT2D eigenvalue weighted by atomic mass is 10.0. The average Bonchev–Trinajstić information content (AvgIpc) is 2.50. The van der Waals surface area contributed by atoms with E-state index in [0.29, 0.717) is 30.1 Å². The molecular formula is C16H21ClN2O2. The van der Waals surface area contributed by atoms with E-state index in [1.165, 1.54) is 0 Å². The molecule has 0 bridgehead atoms. The van der Waals surface area contributed by atoms with Gasteiger partial charge in [0.05, 0.1) is 0 Å². The monoisotopic (exact) mass is 308 g/mol. The van der Waals surface area contributed by atoms with E-state index >= 15 is 0 Å². The quantitative estimate of drug-likeness (QED) is 0.933. The number of aryl methyl sites for hydroxylation is 1. The van der Waals surface area contributed by atoms with Gasteiger partial charge in [0, 0.05) is 36.1 Å². The summed E-state index contributed by atoms with van der Waals surface area (Å²) < 4.78 is 0. The van der Waals surface area contributed by atoms with Gasteiger partial charge in [0.15, 0.2) is 0 Å². The standard InChI is InChI=1S/C16H21ClN2O2/c1-3-15(20)18-13-6-8-19(9-7-13)16(21)12-5-4-11(2)14(17)10-12/h4-5,10,13H,3,6-9H2,1-2H3,(H,18,20). The molecule has 0 saturated carbocycles. The van der Waals surface area contributed by atoms with Crippen molar-refractivity contribution in [3.8, 4) is 0 Å². The van der Waals surface area contributed by atoms with Gasteiger partial charge in [-0.25, -0.2) is 0 Å². The van der Waals surface area contributed by atoms with Crippen LogP contribution in [0.25, 0.3) is 0 Å². The van der Waals surface area contributed by atoms with E-state index in [4.69, 9.17) is 11.6 Å². The molecular weight excluding hydrogens is 288 g/mol. The lowest BCUT2D eigenvalue weighted by Crippen LogP contribution is -2.46. The minimum Gasteiger partial charge on any atom is -0.353 e. The zero-order valence-corrected chi connectivity index (χ0v) is 13.2. The zero-order valence-electron chi connectivity index (χ0n) is 12.5. The number of piperidine rings is 1. The van der Waals surface area contributed by atoms with Gasteiger partial charge in [-0.05, 0) is 37.5 Å². The maximum Gasteiger partial charge on any atom is 0.253 e. The molecule has 1 saturated heterocycles. The fraction of sp³-hybridized carbons (Fsp3) is 0.500. The second-order valence-electron chi connectivity index (χ2n) is 5.45. The third-order valence-electron chi connectivity index (χ3n) is 3.89. The summed E-state index contributed by atoms with van der Waals surface area (Å²) in [6.45, 7) is 5.09. The van der Waals surface area contributed by atoms with Crippen molar-refractivity contribution >= 4 is 23.4 Å². The molecule has 4 nitrogen and oxygen atoms in total. The smallest absolute Gasteiger partial charge is 0.253 e. The zero-order chi connectivity index (χ0) is 15.4. The Hall–Kier alpha value is -1.55. The van der Waals surface area contributed by atoms with Gasteiger partial charge in [0.1, 0.15) is 0 Å². The molecule has 1 N–H and O–H groups in total. The summed E-state index contributed by atoms with van der Waals surface area (Å²) in [5.74, 6) is 0.0854. The normalized spacial score (nSPS) is 15.9. The molecule has 0 aromatic heterocycles. The molecule has 21 heavy (non-hydrogen) atoms. The first-order valence-corrected chi connectivity index (χ1v) is 7.74. The van der Waals surface area contributed by atoms with Crippen LogP contribution in [0.15, 0.2) is 18.2 Å². The van der Waals surface area contributed by atoms with Gasteiger partial charge in [0.25, 0.3) is 5.91 Å². The fourth-order valence-electron chi connectivity index (χ4n) is 2.47. The molecule has 0 atom stereocenters. The van der Waals surface area contributed by atoms with Crippen LogP contribution in [-0.2, 0) is 4.79 Å². The van der Waals surface area contributed by atoms with E-state index in [2.05, 4.69) is 5.32 Å². The molecule has 1 aromatic rings. The van der Waals surface area contributed by atoms with Gasteiger partial charge in [-0.1, -0.05) is 24.6 Å². The summed E-state index contributed by atoms with van der Waals surface area (Å²) in [6.07, 6.45) is 2.11. The molecule has 0 radical (unpaired) electrons. The Balaban J connectivity index is 1.93. The molecule has 2 amide bonds. The van der Waals surface area contributed by atoms with E-state index in [9.17, 15) is 9.59 Å². The van der Waals surface area contributed by atoms with E-state index in [0.717, 1.165) is 18.4 Å². The second kappa shape index (κ2) is 6.94. The Morgan fingerprint density at radius 3 is 2.57 bits per heavy atom. The summed E-state index contributed by atoms with van der Waals surface area (Å²) in [4.78, 5) is 25.6. The van der Waals surface area contributed by atoms with E-state index in [1.54, 1.807) is 6.07 Å². The van der Waals surface area contributed by atoms with E-state index < -0.39 is 0 Å². The number of rotatable bonds is 3. The van der Waals surface area contributed by atoms with Crippen LogP contribution < -0.4 is 5.32 Å². The lowest BCUT2D eigenvalue weighted by Gasteiger charge is -2.32. The van der Waals surface area contributed by atoms with Crippen molar-refractivity contribution in [3.05, 3.63) is 34.3 Å². The predicted octanol–water partition coefficient (Wildman–Crippen LogP) is 2.78. The third kappa shape index (κ3) is 3.97. The van der Waals surface area contributed by atoms with Crippen molar-refractivity contribution in [3.63, 3.8) is 0 Å². The first kappa shape index (κ1) is 15.8. The number of nitrogens with zero attached hydrogens (tertiary/aromatic N) is 1. The minimum absolute atomic E-state index is 0.0113. The molecule has 1 aromatic carbocycles. The molecule has 1 aliphatic rings. The van der Waals surface area contributed by atoms with Crippen molar-refractivity contribution < 1.29 is 9.59 Å². The average molecular weight is 309 g/mol. The summed E-state index contributed by atoms with van der Waals surface area (Å²) in [6, 6.07) is 5.59. The minimum atomic E-state index is 0.0113. The highest BCUT2D eigenvalue weighted by molar-refractivity contribution is 6.31. The Kier molecular flexibility index (Phi) is 5.23. The van der Waals surface area contributed by atoms with Crippen LogP contribution in [0.5, 0.6) is 0 Å². The highest BCUT2D eigenvalue weighted by atomic mass is 35.5. The van der Waals surface area contributed by atoms with E-state index in [-0.39, 0.29) is 17.9 Å². The van der Waals surface area contributed by atoms with Crippen molar-refractivity contribution in [2.45, 2.75) is 39.2 Å². The second-order valence-corrected chi connectivity index (χ2v) is 5.86. The van der Waals surface area contributed by atoms with Gasteiger partial charge in [-0.2, -0.15) is 0 Å². The number of hydrogen-bond donors (Lipinski definition) is 1. The van der Waals surface area contributed by atoms with Crippen molar-refractivity contribution in [1.82, 2.24) is 10.2 Å². The molecule has 1 aliphatic heterocycles. The van der Waals surface area contributed by atoms with Crippen molar-refractivity contribution in [2.75, 3.05) is 13.1 Å². The Morgan fingerprint density at radius 2 is 2.00 bits per heavy atom. The van der Waals surface area contributed by atoms with Crippen LogP contribution >= 0.6 is 11.6 Å². The molecule has 1 fully saturated rings. The maximum atomic E-state index is 12.4. The number of likely N-dealkylation sites (tertiary alicyclic amines) is 1. The van der Waals surface area contributed by atoms with Gasteiger partial charge in [0.2, 0.25) is 5.91 Å². The van der Waals surface area contributed by atoms with Crippen molar-refractivity contribution in [2.24, 2.45) is 0 Å². The van der Waals surface area contributed by atoms with Crippen LogP contribution in [0.4, 0.5) is 0 Å². The highest BCUT2D eigenvalue weighted by Crippen LogP contribution is 2.19. The van der Waals surface area contributed by atoms with Crippen LogP contribution in [0, 0.1) is 6.92 Å². The number of carbonyl (C=O) groups excluding carboxylic acids is 2. The maximum absolute atomic E-state index is 12.4. The van der Waals surface area contributed by atoms with Crippen LogP contribution in [-0.4, -0.2) is 35.8 Å². The van der Waals surface area contributed by atoms with Crippen LogP contribution in [0.1, 0.15) is 42.1 Å². The van der Waals surface area contributed by atoms with Gasteiger partial charge in [-0.15, -0.1) is 0 Å². The molecule has 1 heterocycles. The van der Waals surface area contributed by atoms with Crippen molar-refractivity contribution in [1.29, 1.82) is 0 Å². The summed E-state index contributed by atoms with van der Waals surface area (Å²) in [5.41, 5.74) is 1.59. The number of carbonyl (C=O) groups is 2. The van der Waals surface area contributed by atoms with Gasteiger partial charge < -0.3 is 10.2 Å². The molecule has 5 heteroatoms. The Morgan fingerprint density at radius 1 is 1.33 bits per heavy atom. The van der Waals surface area contributed by atoms with Gasteiger partial charge in [-0.3, -0.25) is 9.59 Å². The molecule has 0 unspecified atom stereocenters. The summed E-state index contributed by atoms with van der Waals surface area (Å²) in [7, 11) is 0. The SMILES string of the molecule is CCC(=O)NC1CCN(C(=O)c2ccc(C)c(Cl)c2)CC1. The topological polar surface area (TPSA) is 49.4 Å². The molecule has 2 rings (SSSR count). The number of benzene rings is 1. The van der Waals surface area contributed by atoms with Crippen LogP contribution in [0.2, 0.25) is 5.02 Å². The number of amides is 2. The Bertz CT molecular complexity index is 537. The van der Waals surface area contributed by atoms with Gasteiger partial charge >= 0.3 is 0 Å². The largest absolute Gasteiger partial charge is 0.353 e. The molecule has 114 valence electrons. The number of hydrogen-bond acceptors (Lipinski definition) is 2. The Labute approximate surface area is 130 Å². The summed E-state index contributed by atoms with van der Waals surface area (Å²) >= 11 is 6.08. The fourth-order valence-corrected chi connectivity index (χ4v) is 2.65. The molecule has 0 spiro atoms. The lowest BCUT2D eigenvalue weighted by molar-refractivity contribution is -0.121. The predicted molar refractivity (Wildman–Crippen MR) is 83.5 cm³/mol. The van der Waals surface area contributed by atoms with Crippen LogP contribution in [0.3, 0.4) is 0 Å². The number of halogens is 1. The van der Waals surface area contributed by atoms with E-state index in [1.807, 2.05) is 30.9 Å². The molecule has 0 aliphatic carbocycles.